The lowest BCUT2D eigenvalue weighted by Gasteiger charge is -2.35. The van der Waals surface area contributed by atoms with Crippen molar-refractivity contribution in [1.29, 1.82) is 0 Å². The Morgan fingerprint density at radius 2 is 0.754 bits per heavy atom. The second-order valence-electron chi connectivity index (χ2n) is 18.0. The normalized spacial score (nSPS) is 12.5. The van der Waals surface area contributed by atoms with E-state index in [9.17, 15) is 0 Å². The van der Waals surface area contributed by atoms with E-state index in [1.165, 1.54) is 77.5 Å². The molecule has 0 unspecified atom stereocenters. The minimum atomic E-state index is -0.575. The molecule has 1 heterocycles. The summed E-state index contributed by atoms with van der Waals surface area (Å²) in [5.74, 6) is 0. The van der Waals surface area contributed by atoms with Crippen molar-refractivity contribution in [2.24, 2.45) is 0 Å². The Morgan fingerprint density at radius 3 is 1.36 bits per heavy atom. The third-order valence-electron chi connectivity index (χ3n) is 14.2. The number of benzene rings is 11. The number of hydrogen-bond donors (Lipinski definition) is 0. The monoisotopic (exact) mass is 878 g/mol. The van der Waals surface area contributed by atoms with Gasteiger partial charge in [-0.15, -0.1) is 0 Å². The average Bonchev–Trinajstić information content (AvgIpc) is 3.93. The fraction of sp³-hybridized carbons (Fsp3) is 0.0149. The highest BCUT2D eigenvalue weighted by molar-refractivity contribution is 6.19. The molecule has 0 spiro atoms. The maximum atomic E-state index is 2.52. The van der Waals surface area contributed by atoms with Gasteiger partial charge in [0.1, 0.15) is 0 Å². The molecule has 12 aromatic rings. The molecule has 0 fully saturated rings. The third kappa shape index (κ3) is 6.56. The van der Waals surface area contributed by atoms with Gasteiger partial charge in [-0.1, -0.05) is 237 Å². The van der Waals surface area contributed by atoms with Crippen LogP contribution >= 0.6 is 0 Å². The van der Waals surface area contributed by atoms with E-state index < -0.39 is 5.41 Å². The lowest BCUT2D eigenvalue weighted by Crippen LogP contribution is -2.29. The minimum absolute atomic E-state index is 0.575. The van der Waals surface area contributed by atoms with E-state index in [-0.39, 0.29) is 0 Å². The first kappa shape index (κ1) is 40.3. The van der Waals surface area contributed by atoms with Gasteiger partial charge in [-0.05, 0) is 115 Å². The van der Waals surface area contributed by atoms with Crippen molar-refractivity contribution in [2.45, 2.75) is 5.41 Å². The summed E-state index contributed by atoms with van der Waals surface area (Å²) in [5.41, 5.74) is 20.7. The number of fused-ring (bicyclic) bond motifs is 6. The summed E-state index contributed by atoms with van der Waals surface area (Å²) in [7, 11) is 0. The van der Waals surface area contributed by atoms with E-state index >= 15 is 0 Å². The van der Waals surface area contributed by atoms with Crippen molar-refractivity contribution in [3.63, 3.8) is 0 Å². The molecule has 1 aromatic heterocycles. The van der Waals surface area contributed by atoms with E-state index in [4.69, 9.17) is 0 Å². The molecule has 0 atom stereocenters. The molecule has 0 radical (unpaired) electrons. The molecule has 0 saturated carbocycles. The maximum absolute atomic E-state index is 2.52. The zero-order valence-corrected chi connectivity index (χ0v) is 38.0. The minimum Gasteiger partial charge on any atom is -0.249 e. The summed E-state index contributed by atoms with van der Waals surface area (Å²) in [6.07, 6.45) is 0. The summed E-state index contributed by atoms with van der Waals surface area (Å²) < 4.78 is 2.52. The van der Waals surface area contributed by atoms with Crippen LogP contribution in [0.4, 0.5) is 11.4 Å². The lowest BCUT2D eigenvalue weighted by molar-refractivity contribution is 0.766. The summed E-state index contributed by atoms with van der Waals surface area (Å²) >= 11 is 0. The van der Waals surface area contributed by atoms with Crippen molar-refractivity contribution in [2.75, 3.05) is 5.01 Å². The van der Waals surface area contributed by atoms with Crippen LogP contribution in [0.15, 0.2) is 279 Å². The molecule has 1 aliphatic rings. The molecule has 0 bridgehead atoms. The van der Waals surface area contributed by atoms with Gasteiger partial charge in [-0.2, -0.15) is 0 Å². The first-order valence-corrected chi connectivity index (χ1v) is 23.8. The van der Waals surface area contributed by atoms with Crippen molar-refractivity contribution in [3.8, 4) is 55.6 Å². The SMILES string of the molecule is c1ccc(-c2ccc(N(c3ccc4c(c3)C(c3ccccc3)(c3ccccc3)c3ccccc3-4)n3c4cccc(-c5ccccc5)c4c4cc(-c5ccccc5)cc(-c5ccccc5)c43)cc2)cc1. The fourth-order valence-electron chi connectivity index (χ4n) is 11.2. The Labute approximate surface area is 403 Å². The predicted octanol–water partition coefficient (Wildman–Crippen LogP) is 17.4. The summed E-state index contributed by atoms with van der Waals surface area (Å²) in [6.45, 7) is 0. The molecule has 2 nitrogen and oxygen atoms in total. The van der Waals surface area contributed by atoms with Crippen molar-refractivity contribution in [1.82, 2.24) is 4.68 Å². The van der Waals surface area contributed by atoms with E-state index in [2.05, 4.69) is 289 Å². The smallest absolute Gasteiger partial charge is 0.0795 e. The Hall–Kier alpha value is -8.98. The van der Waals surface area contributed by atoms with Crippen LogP contribution in [0.3, 0.4) is 0 Å². The largest absolute Gasteiger partial charge is 0.249 e. The Kier molecular flexibility index (Phi) is 9.77. The van der Waals surface area contributed by atoms with Crippen LogP contribution in [-0.4, -0.2) is 4.68 Å². The highest BCUT2D eigenvalue weighted by atomic mass is 15.6. The number of hydrogen-bond acceptors (Lipinski definition) is 1. The van der Waals surface area contributed by atoms with Crippen molar-refractivity contribution < 1.29 is 0 Å². The second-order valence-corrected chi connectivity index (χ2v) is 18.0. The quantitative estimate of drug-likeness (QED) is 0.140. The van der Waals surface area contributed by atoms with Crippen LogP contribution in [0.2, 0.25) is 0 Å². The zero-order chi connectivity index (χ0) is 45.7. The molecule has 0 aliphatic heterocycles. The van der Waals surface area contributed by atoms with E-state index in [1.807, 2.05) is 0 Å². The number of aromatic nitrogens is 1. The Bertz CT molecular complexity index is 3750. The van der Waals surface area contributed by atoms with Gasteiger partial charge >= 0.3 is 0 Å². The predicted molar refractivity (Wildman–Crippen MR) is 289 cm³/mol. The summed E-state index contributed by atoms with van der Waals surface area (Å²) in [6, 6.07) is 103. The lowest BCUT2D eigenvalue weighted by atomic mass is 9.67. The van der Waals surface area contributed by atoms with E-state index in [0.29, 0.717) is 0 Å². The molecular formula is C67H46N2. The van der Waals surface area contributed by atoms with Crippen LogP contribution in [0.25, 0.3) is 77.4 Å². The molecule has 11 aromatic carbocycles. The van der Waals surface area contributed by atoms with E-state index in [1.54, 1.807) is 0 Å². The standard InChI is InChI=1S/C67H46N2/c1-7-22-47(23-8-1)49-38-40-55(41-39-49)68(56-42-43-59-58-34-19-20-36-62(58)67(63(59)46-56,53-30-15-5-16-31-53)54-32-17-6-18-33-54)69-64-37-21-35-57(50-26-11-3-12-27-50)65(64)61-45-52(48-24-9-2-10-25-48)44-60(66(61)69)51-28-13-4-14-29-51/h1-46H. The Balaban J connectivity index is 1.17. The molecule has 0 saturated heterocycles. The zero-order valence-electron chi connectivity index (χ0n) is 38.0. The third-order valence-corrected chi connectivity index (χ3v) is 14.2. The van der Waals surface area contributed by atoms with Gasteiger partial charge in [0.05, 0.1) is 27.8 Å². The first-order valence-electron chi connectivity index (χ1n) is 23.8. The van der Waals surface area contributed by atoms with Gasteiger partial charge in [0.15, 0.2) is 0 Å². The van der Waals surface area contributed by atoms with Crippen LogP contribution < -0.4 is 5.01 Å². The van der Waals surface area contributed by atoms with Crippen LogP contribution in [0.1, 0.15) is 22.3 Å². The summed E-state index contributed by atoms with van der Waals surface area (Å²) in [5, 5.41) is 4.87. The van der Waals surface area contributed by atoms with Gasteiger partial charge in [-0.25, -0.2) is 9.69 Å². The van der Waals surface area contributed by atoms with Gasteiger partial charge in [-0.3, -0.25) is 0 Å². The first-order chi connectivity index (χ1) is 34.3. The molecule has 1 aliphatic carbocycles. The maximum Gasteiger partial charge on any atom is 0.0795 e. The number of nitrogens with zero attached hydrogens (tertiary/aromatic N) is 2. The highest BCUT2D eigenvalue weighted by Crippen LogP contribution is 2.57. The van der Waals surface area contributed by atoms with Crippen molar-refractivity contribution >= 4 is 33.2 Å². The molecule has 324 valence electrons. The van der Waals surface area contributed by atoms with Crippen LogP contribution in [0, 0.1) is 0 Å². The molecular weight excluding hydrogens is 833 g/mol. The highest BCUT2D eigenvalue weighted by Gasteiger charge is 2.46. The van der Waals surface area contributed by atoms with E-state index in [0.717, 1.165) is 33.5 Å². The van der Waals surface area contributed by atoms with Gasteiger partial charge < -0.3 is 0 Å². The summed E-state index contributed by atoms with van der Waals surface area (Å²) in [4.78, 5) is 0. The average molecular weight is 879 g/mol. The molecule has 0 N–H and O–H groups in total. The van der Waals surface area contributed by atoms with Crippen molar-refractivity contribution in [3.05, 3.63) is 301 Å². The number of anilines is 2. The molecule has 13 rings (SSSR count). The van der Waals surface area contributed by atoms with Crippen LogP contribution in [0.5, 0.6) is 0 Å². The Morgan fingerprint density at radius 1 is 0.290 bits per heavy atom. The second kappa shape index (κ2) is 16.7. The topological polar surface area (TPSA) is 8.17 Å². The van der Waals surface area contributed by atoms with Gasteiger partial charge in [0.2, 0.25) is 0 Å². The number of rotatable bonds is 9. The van der Waals surface area contributed by atoms with Crippen LogP contribution in [-0.2, 0) is 5.41 Å². The molecule has 0 amide bonds. The molecule has 2 heteroatoms. The van der Waals surface area contributed by atoms with Gasteiger partial charge in [0.25, 0.3) is 0 Å². The van der Waals surface area contributed by atoms with Gasteiger partial charge in [0, 0.05) is 16.3 Å². The fourth-order valence-corrected chi connectivity index (χ4v) is 11.2. The molecule has 69 heavy (non-hydrogen) atoms.